The van der Waals surface area contributed by atoms with Crippen LogP contribution >= 0.6 is 0 Å². The van der Waals surface area contributed by atoms with Crippen molar-refractivity contribution in [1.82, 2.24) is 9.80 Å². The van der Waals surface area contributed by atoms with Crippen molar-refractivity contribution >= 4 is 12.4 Å². The van der Waals surface area contributed by atoms with Crippen LogP contribution in [0.5, 0.6) is 0 Å². The van der Waals surface area contributed by atoms with E-state index in [2.05, 4.69) is 4.90 Å². The van der Waals surface area contributed by atoms with Crippen molar-refractivity contribution in [2.45, 2.75) is 31.3 Å². The molecule has 86 valence electrons. The first-order valence-electron chi connectivity index (χ1n) is 5.06. The number of carboxylic acids is 1. The maximum absolute atomic E-state index is 11.3. The number of likely N-dealkylation sites (N-methyl/N-ethyl adjacent to an activating group) is 1. The van der Waals surface area contributed by atoms with Crippen molar-refractivity contribution < 1.29 is 14.7 Å². The van der Waals surface area contributed by atoms with Crippen LogP contribution in [0, 0.1) is 0 Å². The number of carbonyl (C=O) groups is 2. The quantitative estimate of drug-likeness (QED) is 0.672. The lowest BCUT2D eigenvalue weighted by Gasteiger charge is -2.45. The Hall–Kier alpha value is -1.10. The van der Waals surface area contributed by atoms with Crippen LogP contribution in [0.4, 0.5) is 0 Å². The van der Waals surface area contributed by atoms with E-state index in [0.717, 1.165) is 0 Å². The number of hydrogen-bond donors (Lipinski definition) is 1. The molecule has 1 N–H and O–H groups in total. The van der Waals surface area contributed by atoms with Gasteiger partial charge in [0.05, 0.1) is 0 Å². The van der Waals surface area contributed by atoms with Gasteiger partial charge in [0.25, 0.3) is 0 Å². The summed E-state index contributed by atoms with van der Waals surface area (Å²) < 4.78 is 0. The molecule has 1 aliphatic rings. The third kappa shape index (κ3) is 1.97. The summed E-state index contributed by atoms with van der Waals surface area (Å²) in [6.45, 7) is 2.68. The van der Waals surface area contributed by atoms with E-state index >= 15 is 0 Å². The first-order valence-corrected chi connectivity index (χ1v) is 5.06. The summed E-state index contributed by atoms with van der Waals surface area (Å²) in [6, 6.07) is 0.178. The molecule has 0 aromatic rings. The highest BCUT2D eigenvalue weighted by Crippen LogP contribution is 2.30. The van der Waals surface area contributed by atoms with Crippen molar-refractivity contribution in [3.63, 3.8) is 0 Å². The molecule has 1 fully saturated rings. The van der Waals surface area contributed by atoms with Crippen LogP contribution in [0.15, 0.2) is 0 Å². The Morgan fingerprint density at radius 1 is 1.67 bits per heavy atom. The van der Waals surface area contributed by atoms with E-state index in [1.54, 1.807) is 7.05 Å². The van der Waals surface area contributed by atoms with E-state index in [9.17, 15) is 14.7 Å². The largest absolute Gasteiger partial charge is 0.479 e. The van der Waals surface area contributed by atoms with Crippen molar-refractivity contribution in [3.8, 4) is 0 Å². The summed E-state index contributed by atoms with van der Waals surface area (Å²) in [5, 5.41) is 9.28. The Kier molecular flexibility index (Phi) is 3.34. The maximum Gasteiger partial charge on any atom is 0.329 e. The normalized spacial score (nSPS) is 32.3. The first-order chi connectivity index (χ1) is 6.94. The minimum atomic E-state index is -1.02. The third-order valence-electron chi connectivity index (χ3n) is 3.49. The smallest absolute Gasteiger partial charge is 0.329 e. The second kappa shape index (κ2) is 4.18. The molecule has 1 heterocycles. The van der Waals surface area contributed by atoms with Gasteiger partial charge in [0.2, 0.25) is 6.41 Å². The van der Waals surface area contributed by atoms with E-state index in [1.165, 1.54) is 4.90 Å². The fourth-order valence-corrected chi connectivity index (χ4v) is 2.09. The molecule has 0 bridgehead atoms. The van der Waals surface area contributed by atoms with Crippen LogP contribution in [-0.2, 0) is 9.59 Å². The lowest BCUT2D eigenvalue weighted by molar-refractivity contribution is -0.158. The van der Waals surface area contributed by atoms with Gasteiger partial charge in [-0.25, -0.2) is 4.79 Å². The molecule has 15 heavy (non-hydrogen) atoms. The van der Waals surface area contributed by atoms with Gasteiger partial charge < -0.3 is 14.9 Å². The van der Waals surface area contributed by atoms with Crippen molar-refractivity contribution in [1.29, 1.82) is 0 Å². The Labute approximate surface area is 89.7 Å². The van der Waals surface area contributed by atoms with Gasteiger partial charge in [0, 0.05) is 19.6 Å². The number of rotatable bonds is 3. The predicted octanol–water partition coefficient (Wildman–Crippen LogP) is 0.0121. The zero-order valence-corrected chi connectivity index (χ0v) is 9.43. The van der Waals surface area contributed by atoms with Crippen LogP contribution in [0.3, 0.4) is 0 Å². The molecule has 0 spiro atoms. The molecule has 1 amide bonds. The zero-order chi connectivity index (χ0) is 11.6. The summed E-state index contributed by atoms with van der Waals surface area (Å²) in [5.74, 6) is -0.906. The van der Waals surface area contributed by atoms with Crippen molar-refractivity contribution in [3.05, 3.63) is 0 Å². The second-order valence-electron chi connectivity index (χ2n) is 4.34. The minimum Gasteiger partial charge on any atom is -0.479 e. The SMILES string of the molecule is CC1CC(C(=O)O)(N(C)C=O)CCN1C. The fourth-order valence-electron chi connectivity index (χ4n) is 2.09. The van der Waals surface area contributed by atoms with Gasteiger partial charge in [-0.3, -0.25) is 4.79 Å². The molecule has 5 heteroatoms. The number of aliphatic carboxylic acids is 1. The van der Waals surface area contributed by atoms with Crippen LogP contribution in [-0.4, -0.2) is 59.5 Å². The number of amides is 1. The number of carbonyl (C=O) groups excluding carboxylic acids is 1. The molecule has 2 unspecified atom stereocenters. The highest BCUT2D eigenvalue weighted by Gasteiger charge is 2.46. The van der Waals surface area contributed by atoms with Gasteiger partial charge >= 0.3 is 5.97 Å². The number of nitrogens with zero attached hydrogens (tertiary/aromatic N) is 2. The van der Waals surface area contributed by atoms with Crippen LogP contribution in [0.1, 0.15) is 19.8 Å². The standard InChI is InChI=1S/C10H18N2O3/c1-8-6-10(9(14)15,12(3)7-13)4-5-11(8)2/h7-8H,4-6H2,1-3H3,(H,14,15). The van der Waals surface area contributed by atoms with Crippen molar-refractivity contribution in [2.75, 3.05) is 20.6 Å². The lowest BCUT2D eigenvalue weighted by Crippen LogP contribution is -2.60. The molecule has 0 aromatic carbocycles. The van der Waals surface area contributed by atoms with E-state index in [1.807, 2.05) is 14.0 Å². The Balaban J connectivity index is 2.93. The van der Waals surface area contributed by atoms with Crippen LogP contribution < -0.4 is 0 Å². The summed E-state index contributed by atoms with van der Waals surface area (Å²) >= 11 is 0. The average molecular weight is 214 g/mol. The lowest BCUT2D eigenvalue weighted by atomic mass is 9.83. The number of hydrogen-bond acceptors (Lipinski definition) is 3. The number of carboxylic acid groups (broad SMARTS) is 1. The molecule has 0 aliphatic carbocycles. The second-order valence-corrected chi connectivity index (χ2v) is 4.34. The molecule has 1 saturated heterocycles. The molecule has 2 atom stereocenters. The summed E-state index contributed by atoms with van der Waals surface area (Å²) in [5.41, 5.74) is -1.02. The molecule has 0 aromatic heterocycles. The molecule has 5 nitrogen and oxygen atoms in total. The first kappa shape index (κ1) is 12.0. The fraction of sp³-hybridized carbons (Fsp3) is 0.800. The van der Waals surface area contributed by atoms with Gasteiger partial charge in [0.1, 0.15) is 5.54 Å². The molecular weight excluding hydrogens is 196 g/mol. The van der Waals surface area contributed by atoms with Gasteiger partial charge in [-0.1, -0.05) is 0 Å². The van der Waals surface area contributed by atoms with Gasteiger partial charge in [-0.2, -0.15) is 0 Å². The zero-order valence-electron chi connectivity index (χ0n) is 9.43. The topological polar surface area (TPSA) is 60.9 Å². The highest BCUT2D eigenvalue weighted by atomic mass is 16.4. The van der Waals surface area contributed by atoms with E-state index < -0.39 is 11.5 Å². The molecule has 1 aliphatic heterocycles. The minimum absolute atomic E-state index is 0.178. The molecule has 0 saturated carbocycles. The van der Waals surface area contributed by atoms with Gasteiger partial charge in [-0.15, -0.1) is 0 Å². The Bertz CT molecular complexity index is 269. The highest BCUT2D eigenvalue weighted by molar-refractivity contribution is 5.81. The molecule has 1 rings (SSSR count). The van der Waals surface area contributed by atoms with E-state index in [0.29, 0.717) is 25.8 Å². The van der Waals surface area contributed by atoms with E-state index in [4.69, 9.17) is 0 Å². The number of likely N-dealkylation sites (tertiary alicyclic amines) is 1. The molecular formula is C10H18N2O3. The number of piperidine rings is 1. The average Bonchev–Trinajstić information content (AvgIpc) is 2.20. The summed E-state index contributed by atoms with van der Waals surface area (Å²) in [4.78, 5) is 25.5. The maximum atomic E-state index is 11.3. The van der Waals surface area contributed by atoms with E-state index in [-0.39, 0.29) is 6.04 Å². The van der Waals surface area contributed by atoms with Crippen LogP contribution in [0.2, 0.25) is 0 Å². The summed E-state index contributed by atoms with van der Waals surface area (Å²) in [6.07, 6.45) is 1.57. The Morgan fingerprint density at radius 2 is 2.27 bits per heavy atom. The predicted molar refractivity (Wildman–Crippen MR) is 55.5 cm³/mol. The van der Waals surface area contributed by atoms with Crippen LogP contribution in [0.25, 0.3) is 0 Å². The molecule has 0 radical (unpaired) electrons. The third-order valence-corrected chi connectivity index (χ3v) is 3.49. The van der Waals surface area contributed by atoms with Gasteiger partial charge in [0.15, 0.2) is 0 Å². The van der Waals surface area contributed by atoms with Gasteiger partial charge in [-0.05, 0) is 26.8 Å². The summed E-state index contributed by atoms with van der Waals surface area (Å²) in [7, 11) is 3.51. The monoisotopic (exact) mass is 214 g/mol. The van der Waals surface area contributed by atoms with Crippen molar-refractivity contribution in [2.24, 2.45) is 0 Å². The Morgan fingerprint density at radius 3 is 2.67 bits per heavy atom.